The van der Waals surface area contributed by atoms with E-state index in [2.05, 4.69) is 116 Å². The quantitative estimate of drug-likeness (QED) is 0.178. The lowest BCUT2D eigenvalue weighted by molar-refractivity contribution is 0.267. The molecule has 0 radical (unpaired) electrons. The lowest BCUT2D eigenvalue weighted by Gasteiger charge is -2.31. The third-order valence-corrected chi connectivity index (χ3v) is 8.97. The third-order valence-electron chi connectivity index (χ3n) is 7.99. The Balaban J connectivity index is 1.48. The molecule has 0 spiro atoms. The number of unbranched alkanes of at least 4 members (excludes halogenated alkanes) is 1. The van der Waals surface area contributed by atoms with Crippen LogP contribution in [0.25, 0.3) is 11.6 Å². The smallest absolute Gasteiger partial charge is 0.0202 e. The fourth-order valence-corrected chi connectivity index (χ4v) is 6.07. The number of nitrogens with zero attached hydrogens (tertiary/aromatic N) is 1. The van der Waals surface area contributed by atoms with Crippen LogP contribution in [0.3, 0.4) is 0 Å². The van der Waals surface area contributed by atoms with Gasteiger partial charge < -0.3 is 4.90 Å². The van der Waals surface area contributed by atoms with E-state index in [0.29, 0.717) is 0 Å². The lowest BCUT2D eigenvalue weighted by atomic mass is 9.75. The molecule has 1 fully saturated rings. The maximum absolute atomic E-state index is 4.34. The highest BCUT2D eigenvalue weighted by atomic mass is 127. The summed E-state index contributed by atoms with van der Waals surface area (Å²) in [4.78, 5) is 2.37. The van der Waals surface area contributed by atoms with Crippen LogP contribution in [0, 0.1) is 15.4 Å². The van der Waals surface area contributed by atoms with E-state index in [-0.39, 0.29) is 0 Å². The first-order valence-electron chi connectivity index (χ1n) is 13.8. The molecular weight excluding hydrogens is 537 g/mol. The molecule has 0 N–H and O–H groups in total. The average Bonchev–Trinajstić information content (AvgIpc) is 2.87. The second-order valence-corrected chi connectivity index (χ2v) is 12.1. The number of rotatable bonds is 12. The number of hydrogen-bond donors (Lipinski definition) is 0. The highest BCUT2D eigenvalue weighted by Crippen LogP contribution is 2.39. The fraction of sp³-hybridized carbons (Fsp3) is 0.515. The zero-order chi connectivity index (χ0) is 25.2. The van der Waals surface area contributed by atoms with E-state index >= 15 is 0 Å². The van der Waals surface area contributed by atoms with Crippen molar-refractivity contribution < 1.29 is 0 Å². The Labute approximate surface area is 229 Å². The maximum atomic E-state index is 4.34. The summed E-state index contributed by atoms with van der Waals surface area (Å²) in [6.07, 6.45) is 14.1. The summed E-state index contributed by atoms with van der Waals surface area (Å²) in [7, 11) is 2.21. The summed E-state index contributed by atoms with van der Waals surface area (Å²) in [5.74, 6) is 2.42. The highest BCUT2D eigenvalue weighted by Gasteiger charge is 2.24. The Morgan fingerprint density at radius 1 is 1.11 bits per heavy atom. The van der Waals surface area contributed by atoms with Gasteiger partial charge in [0.15, 0.2) is 0 Å². The van der Waals surface area contributed by atoms with Crippen molar-refractivity contribution in [2.75, 3.05) is 13.6 Å². The zero-order valence-corrected chi connectivity index (χ0v) is 24.7. The van der Waals surface area contributed by atoms with Gasteiger partial charge in [0, 0.05) is 22.9 Å². The van der Waals surface area contributed by atoms with Crippen molar-refractivity contribution in [3.8, 4) is 0 Å². The van der Waals surface area contributed by atoms with Crippen molar-refractivity contribution in [3.63, 3.8) is 0 Å². The SMILES string of the molecule is C=C(CC[C@H](C)CC1CCC(c2cccc(/C(C)=C/c3ccccc3I)c2)CC1)N(C)CCCC. The molecule has 0 saturated heterocycles. The van der Waals surface area contributed by atoms with E-state index in [1.165, 1.54) is 82.9 Å². The summed E-state index contributed by atoms with van der Waals surface area (Å²) < 4.78 is 1.31. The minimum absolute atomic E-state index is 0.721. The van der Waals surface area contributed by atoms with Crippen molar-refractivity contribution in [3.05, 3.63) is 81.1 Å². The van der Waals surface area contributed by atoms with Gasteiger partial charge in [-0.2, -0.15) is 0 Å². The second-order valence-electron chi connectivity index (χ2n) is 10.9. The molecule has 1 saturated carbocycles. The molecule has 35 heavy (non-hydrogen) atoms. The minimum atomic E-state index is 0.721. The maximum Gasteiger partial charge on any atom is 0.0202 e. The van der Waals surface area contributed by atoms with Crippen LogP contribution < -0.4 is 0 Å². The van der Waals surface area contributed by atoms with Gasteiger partial charge >= 0.3 is 0 Å². The first-order chi connectivity index (χ1) is 16.9. The van der Waals surface area contributed by atoms with E-state index in [4.69, 9.17) is 0 Å². The van der Waals surface area contributed by atoms with Gasteiger partial charge in [-0.25, -0.2) is 0 Å². The van der Waals surface area contributed by atoms with E-state index in [1.54, 1.807) is 0 Å². The van der Waals surface area contributed by atoms with E-state index in [9.17, 15) is 0 Å². The molecule has 1 aliphatic rings. The highest BCUT2D eigenvalue weighted by molar-refractivity contribution is 14.1. The monoisotopic (exact) mass is 583 g/mol. The normalized spacial score (nSPS) is 19.4. The van der Waals surface area contributed by atoms with Crippen LogP contribution in [-0.2, 0) is 0 Å². The van der Waals surface area contributed by atoms with Gasteiger partial charge in [0.05, 0.1) is 0 Å². The van der Waals surface area contributed by atoms with Crippen LogP contribution >= 0.6 is 22.6 Å². The molecule has 3 rings (SSSR count). The van der Waals surface area contributed by atoms with Gasteiger partial charge in [-0.05, 0) is 127 Å². The Bertz CT molecular complexity index is 967. The molecule has 0 unspecified atom stereocenters. The largest absolute Gasteiger partial charge is 0.378 e. The molecule has 1 atom stereocenters. The van der Waals surface area contributed by atoms with E-state index in [1.807, 2.05) is 0 Å². The van der Waals surface area contributed by atoms with Crippen molar-refractivity contribution in [2.45, 2.75) is 84.5 Å². The van der Waals surface area contributed by atoms with Gasteiger partial charge in [-0.3, -0.25) is 0 Å². The van der Waals surface area contributed by atoms with Crippen molar-refractivity contribution in [2.24, 2.45) is 11.8 Å². The Hall–Kier alpha value is -1.55. The molecule has 0 amide bonds. The standard InChI is InChI=1S/C33H46IN/c1-6-7-21-35(5)27(4)16-15-25(2)22-28-17-19-29(20-18-28)31-13-10-12-30(24-31)26(3)23-32-11-8-9-14-33(32)34/h8-14,23-25,28-29H,4,6-7,15-22H2,1-3,5H3/b26-23+/t25-,28?,29?/m0/s1. The number of allylic oxidation sites excluding steroid dienone is 2. The predicted octanol–water partition coefficient (Wildman–Crippen LogP) is 10.2. The molecule has 1 nitrogen and oxygen atoms in total. The first kappa shape index (κ1) is 28.0. The van der Waals surface area contributed by atoms with Crippen LogP contribution in [0.5, 0.6) is 0 Å². The van der Waals surface area contributed by atoms with Crippen molar-refractivity contribution >= 4 is 34.2 Å². The molecule has 190 valence electrons. The molecule has 0 heterocycles. The number of halogens is 1. The first-order valence-corrected chi connectivity index (χ1v) is 14.9. The molecular formula is C33H46IN. The van der Waals surface area contributed by atoms with Crippen molar-refractivity contribution in [1.29, 1.82) is 0 Å². The summed E-state index contributed by atoms with van der Waals surface area (Å²) >= 11 is 2.43. The fourth-order valence-electron chi connectivity index (χ4n) is 5.52. The zero-order valence-electron chi connectivity index (χ0n) is 22.5. The van der Waals surface area contributed by atoms with Crippen LogP contribution in [0.2, 0.25) is 0 Å². The Kier molecular flexibility index (Phi) is 11.4. The van der Waals surface area contributed by atoms with Gasteiger partial charge in [0.25, 0.3) is 0 Å². The number of hydrogen-bond acceptors (Lipinski definition) is 1. The molecule has 0 aliphatic heterocycles. The topological polar surface area (TPSA) is 3.24 Å². The van der Waals surface area contributed by atoms with Gasteiger partial charge in [-0.1, -0.05) is 75.4 Å². The van der Waals surface area contributed by atoms with Crippen molar-refractivity contribution in [1.82, 2.24) is 4.90 Å². The van der Waals surface area contributed by atoms with Crippen LogP contribution in [0.1, 0.15) is 101 Å². The molecule has 0 aromatic heterocycles. The number of benzene rings is 2. The summed E-state index contributed by atoms with van der Waals surface area (Å²) in [5.41, 5.74) is 6.88. The molecule has 1 aliphatic carbocycles. The summed E-state index contributed by atoms with van der Waals surface area (Å²) in [6.45, 7) is 12.4. The molecule has 2 heteroatoms. The minimum Gasteiger partial charge on any atom is -0.378 e. The summed E-state index contributed by atoms with van der Waals surface area (Å²) in [6, 6.07) is 18.0. The second kappa shape index (κ2) is 14.3. The molecule has 2 aromatic carbocycles. The average molecular weight is 584 g/mol. The van der Waals surface area contributed by atoms with Crippen LogP contribution in [0.4, 0.5) is 0 Å². The van der Waals surface area contributed by atoms with Gasteiger partial charge in [-0.15, -0.1) is 0 Å². The Morgan fingerprint density at radius 3 is 2.57 bits per heavy atom. The van der Waals surface area contributed by atoms with Crippen LogP contribution in [0.15, 0.2) is 60.8 Å². The van der Waals surface area contributed by atoms with Crippen LogP contribution in [-0.4, -0.2) is 18.5 Å². The molecule has 0 bridgehead atoms. The Morgan fingerprint density at radius 2 is 1.86 bits per heavy atom. The predicted molar refractivity (Wildman–Crippen MR) is 164 cm³/mol. The molecule has 2 aromatic rings. The summed E-state index contributed by atoms with van der Waals surface area (Å²) in [5, 5.41) is 0. The van der Waals surface area contributed by atoms with E-state index in [0.717, 1.165) is 30.7 Å². The van der Waals surface area contributed by atoms with Gasteiger partial charge in [0.2, 0.25) is 0 Å². The lowest BCUT2D eigenvalue weighted by Crippen LogP contribution is -2.19. The van der Waals surface area contributed by atoms with E-state index < -0.39 is 0 Å². The third kappa shape index (κ3) is 8.81. The van der Waals surface area contributed by atoms with Gasteiger partial charge in [0.1, 0.15) is 0 Å².